The molecule has 1 aliphatic carbocycles. The lowest BCUT2D eigenvalue weighted by Crippen LogP contribution is -2.69. The molecule has 12 nitrogen and oxygen atoms in total. The summed E-state index contributed by atoms with van der Waals surface area (Å²) in [7, 11) is 3.25. The first-order valence-corrected chi connectivity index (χ1v) is 15.9. The maximum Gasteiger partial charge on any atom is 0.410 e. The quantitative estimate of drug-likeness (QED) is 0.218. The first-order valence-electron chi connectivity index (χ1n) is 15.9. The molecule has 0 aromatic heterocycles. The van der Waals surface area contributed by atoms with E-state index in [0.29, 0.717) is 6.42 Å². The summed E-state index contributed by atoms with van der Waals surface area (Å²) in [4.78, 5) is 14.1. The van der Waals surface area contributed by atoms with Crippen molar-refractivity contribution in [1.29, 1.82) is 0 Å². The summed E-state index contributed by atoms with van der Waals surface area (Å²) < 4.78 is 30.4. The molecule has 0 radical (unpaired) electrons. The van der Waals surface area contributed by atoms with Crippen molar-refractivity contribution >= 4 is 6.09 Å². The highest BCUT2D eigenvalue weighted by Crippen LogP contribution is 2.36. The second-order valence-corrected chi connectivity index (χ2v) is 13.5. The highest BCUT2D eigenvalue weighted by Gasteiger charge is 2.53. The Balaban J connectivity index is 1.78. The fraction of sp³-hybridized carbons (Fsp3) is 0.903. The van der Waals surface area contributed by atoms with Crippen LogP contribution >= 0.6 is 0 Å². The molecule has 1 amide bonds. The van der Waals surface area contributed by atoms with Crippen LogP contribution in [0.2, 0.25) is 0 Å². The van der Waals surface area contributed by atoms with Crippen LogP contribution in [0.3, 0.4) is 0 Å². The number of ether oxygens (including phenoxy) is 5. The minimum Gasteiger partial charge on any atom is -0.468 e. The van der Waals surface area contributed by atoms with E-state index in [9.17, 15) is 20.1 Å². The number of hydrogen-bond donors (Lipinski definition) is 5. The molecule has 43 heavy (non-hydrogen) atoms. The first-order chi connectivity index (χ1) is 20.1. The van der Waals surface area contributed by atoms with E-state index in [1.54, 1.807) is 27.8 Å². The lowest BCUT2D eigenvalue weighted by atomic mass is 9.80. The van der Waals surface area contributed by atoms with Crippen molar-refractivity contribution in [2.24, 2.45) is 5.92 Å². The van der Waals surface area contributed by atoms with Crippen molar-refractivity contribution in [1.82, 2.24) is 15.5 Å². The van der Waals surface area contributed by atoms with Crippen LogP contribution in [0, 0.1) is 5.92 Å². The maximum atomic E-state index is 12.9. The van der Waals surface area contributed by atoms with E-state index in [4.69, 9.17) is 23.7 Å². The Morgan fingerprint density at radius 3 is 2.42 bits per heavy atom. The SMILES string of the molecule is CCCCN[C@@H]1CC=C(CC)O[C@@H]1OC1[C@@H](C)C[C@@H](NC)[C@H](O[C@H]2OC[C@](C)(O)[C@H](N(C)C(=O)OC(C)(C)C)[C@H]2O)[C@H]1O. The fourth-order valence-corrected chi connectivity index (χ4v) is 6.22. The molecule has 1 saturated heterocycles. The smallest absolute Gasteiger partial charge is 0.410 e. The Hall–Kier alpha value is -1.51. The van der Waals surface area contributed by atoms with Crippen molar-refractivity contribution in [2.75, 3.05) is 27.2 Å². The van der Waals surface area contributed by atoms with Gasteiger partial charge in [0, 0.05) is 19.5 Å². The number of aliphatic hydroxyl groups is 3. The van der Waals surface area contributed by atoms with Crippen LogP contribution in [0.25, 0.3) is 0 Å². The van der Waals surface area contributed by atoms with E-state index in [-0.39, 0.29) is 24.6 Å². The third kappa shape index (κ3) is 9.03. The van der Waals surface area contributed by atoms with Crippen LogP contribution in [-0.4, -0.2) is 120 Å². The zero-order chi connectivity index (χ0) is 32.1. The Kier molecular flexibility index (Phi) is 12.7. The van der Waals surface area contributed by atoms with Gasteiger partial charge in [-0.3, -0.25) is 0 Å². The summed E-state index contributed by atoms with van der Waals surface area (Å²) in [6.45, 7) is 13.6. The monoisotopic (exact) mass is 615 g/mol. The van der Waals surface area contributed by atoms with Gasteiger partial charge in [-0.2, -0.15) is 0 Å². The van der Waals surface area contributed by atoms with Crippen molar-refractivity contribution in [3.63, 3.8) is 0 Å². The topological polar surface area (TPSA) is 151 Å². The number of hydrogen-bond acceptors (Lipinski definition) is 11. The summed E-state index contributed by atoms with van der Waals surface area (Å²) in [6.07, 6.45) is -0.119. The van der Waals surface area contributed by atoms with Gasteiger partial charge in [0.15, 0.2) is 6.29 Å². The molecule has 250 valence electrons. The molecule has 5 N–H and O–H groups in total. The molecular weight excluding hydrogens is 558 g/mol. The second kappa shape index (κ2) is 15.2. The molecule has 1 saturated carbocycles. The van der Waals surface area contributed by atoms with Gasteiger partial charge in [-0.1, -0.05) is 27.2 Å². The van der Waals surface area contributed by atoms with Crippen LogP contribution < -0.4 is 10.6 Å². The summed E-state index contributed by atoms with van der Waals surface area (Å²) in [5, 5.41) is 41.0. The minimum absolute atomic E-state index is 0.0350. The predicted octanol–water partition coefficient (Wildman–Crippen LogP) is 2.25. The van der Waals surface area contributed by atoms with Gasteiger partial charge in [0.05, 0.1) is 30.6 Å². The number of carbonyl (C=O) groups excluding carboxylic acids is 1. The van der Waals surface area contributed by atoms with E-state index < -0.39 is 60.3 Å². The number of amides is 1. The average molecular weight is 616 g/mol. The lowest BCUT2D eigenvalue weighted by molar-refractivity contribution is -0.313. The van der Waals surface area contributed by atoms with Crippen molar-refractivity contribution in [2.45, 2.75) is 147 Å². The Bertz CT molecular complexity index is 927. The van der Waals surface area contributed by atoms with Gasteiger partial charge in [-0.05, 0) is 72.5 Å². The highest BCUT2D eigenvalue weighted by molar-refractivity contribution is 5.68. The summed E-state index contributed by atoms with van der Waals surface area (Å²) >= 11 is 0. The molecule has 3 rings (SSSR count). The molecule has 0 spiro atoms. The van der Waals surface area contributed by atoms with Gasteiger partial charge in [0.25, 0.3) is 0 Å². The number of unbranched alkanes of at least 4 members (excludes halogenated alkanes) is 1. The average Bonchev–Trinajstić information content (AvgIpc) is 2.93. The number of nitrogens with one attached hydrogen (secondary N) is 2. The lowest BCUT2D eigenvalue weighted by Gasteiger charge is -2.50. The summed E-state index contributed by atoms with van der Waals surface area (Å²) in [5.74, 6) is 0.829. The van der Waals surface area contributed by atoms with E-state index in [1.807, 2.05) is 13.8 Å². The van der Waals surface area contributed by atoms with Gasteiger partial charge in [0.2, 0.25) is 6.29 Å². The van der Waals surface area contributed by atoms with E-state index in [2.05, 4.69) is 23.6 Å². The third-order valence-electron chi connectivity index (χ3n) is 8.57. The van der Waals surface area contributed by atoms with E-state index >= 15 is 0 Å². The normalized spacial score (nSPS) is 38.7. The van der Waals surface area contributed by atoms with Crippen LogP contribution in [0.5, 0.6) is 0 Å². The van der Waals surface area contributed by atoms with Crippen LogP contribution in [0.4, 0.5) is 4.79 Å². The van der Waals surface area contributed by atoms with Crippen LogP contribution in [0.1, 0.15) is 80.6 Å². The van der Waals surface area contributed by atoms with E-state index in [1.165, 1.54) is 18.9 Å². The van der Waals surface area contributed by atoms with E-state index in [0.717, 1.165) is 38.0 Å². The zero-order valence-corrected chi connectivity index (χ0v) is 27.5. The zero-order valence-electron chi connectivity index (χ0n) is 27.5. The summed E-state index contributed by atoms with van der Waals surface area (Å²) in [6, 6.07) is -1.43. The van der Waals surface area contributed by atoms with Gasteiger partial charge < -0.3 is 54.5 Å². The number of rotatable bonds is 11. The van der Waals surface area contributed by atoms with Crippen molar-refractivity contribution in [3.05, 3.63) is 11.8 Å². The molecule has 11 atom stereocenters. The molecule has 0 aromatic rings. The highest BCUT2D eigenvalue weighted by atomic mass is 16.7. The minimum atomic E-state index is -1.58. The van der Waals surface area contributed by atoms with Gasteiger partial charge in [-0.25, -0.2) is 4.79 Å². The Morgan fingerprint density at radius 2 is 1.81 bits per heavy atom. The molecule has 2 fully saturated rings. The van der Waals surface area contributed by atoms with Gasteiger partial charge in [-0.15, -0.1) is 0 Å². The summed E-state index contributed by atoms with van der Waals surface area (Å²) in [5.41, 5.74) is -2.34. The molecule has 3 aliphatic rings. The standard InChI is InChI=1S/C31H57N3O9/c1-10-12-15-33-20-14-13-19(11-2)40-27(20)41-24-18(3)16-21(32-8)25(22(24)35)42-28-23(36)26(31(7,38)17-39-28)34(9)29(37)43-30(4,5)6/h13,18,20-28,32-33,35-36,38H,10-12,14-17H2,1-9H3/t18-,20+,21+,22-,23+,24?,25-,26+,27+,28+,31-/m0/s1. The fourth-order valence-electron chi connectivity index (χ4n) is 6.22. The number of allylic oxidation sites excluding steroid dienone is 1. The predicted molar refractivity (Wildman–Crippen MR) is 161 cm³/mol. The number of aliphatic hydroxyl groups excluding tert-OH is 2. The first kappa shape index (κ1) is 36.0. The largest absolute Gasteiger partial charge is 0.468 e. The molecular formula is C31H57N3O9. The van der Waals surface area contributed by atoms with Gasteiger partial charge in [0.1, 0.15) is 29.5 Å². The molecule has 12 heteroatoms. The Morgan fingerprint density at radius 1 is 1.14 bits per heavy atom. The number of carbonyl (C=O) groups is 1. The van der Waals surface area contributed by atoms with Crippen LogP contribution in [-0.2, 0) is 23.7 Å². The van der Waals surface area contributed by atoms with Crippen molar-refractivity contribution in [3.8, 4) is 0 Å². The number of nitrogens with zero attached hydrogens (tertiary/aromatic N) is 1. The third-order valence-corrected chi connectivity index (χ3v) is 8.57. The Labute approximate surface area is 257 Å². The number of likely N-dealkylation sites (N-methyl/N-ethyl adjacent to an activating group) is 2. The maximum absolute atomic E-state index is 12.9. The molecule has 2 aliphatic heterocycles. The molecule has 2 heterocycles. The second-order valence-electron chi connectivity index (χ2n) is 13.5. The van der Waals surface area contributed by atoms with Crippen LogP contribution in [0.15, 0.2) is 11.8 Å². The molecule has 1 unspecified atom stereocenters. The molecule has 0 aromatic carbocycles. The van der Waals surface area contributed by atoms with Gasteiger partial charge >= 0.3 is 6.09 Å². The van der Waals surface area contributed by atoms with Crippen molar-refractivity contribution < 1.29 is 43.8 Å². The molecule has 0 bridgehead atoms.